The van der Waals surface area contributed by atoms with Gasteiger partial charge in [0.15, 0.2) is 0 Å². The van der Waals surface area contributed by atoms with Gasteiger partial charge in [-0.1, -0.05) is 35.3 Å². The molecule has 0 spiro atoms. The molecule has 0 aromatic heterocycles. The second-order valence-corrected chi connectivity index (χ2v) is 9.81. The SMILES string of the molecule is CCNC(=O)[C@@H](C)N(Cc1ccc(F)cc1)C(=O)CN(c1ccc(Cl)c(Cl)c1)S(C)(=O)=O. The molecule has 174 valence electrons. The Balaban J connectivity index is 2.39. The summed E-state index contributed by atoms with van der Waals surface area (Å²) < 4.78 is 39.1. The van der Waals surface area contributed by atoms with Gasteiger partial charge < -0.3 is 10.2 Å². The predicted octanol–water partition coefficient (Wildman–Crippen LogP) is 3.45. The van der Waals surface area contributed by atoms with Gasteiger partial charge in [0.2, 0.25) is 21.8 Å². The van der Waals surface area contributed by atoms with Crippen molar-refractivity contribution in [3.05, 3.63) is 63.9 Å². The molecule has 2 amide bonds. The molecule has 0 fully saturated rings. The van der Waals surface area contributed by atoms with Crippen LogP contribution >= 0.6 is 23.2 Å². The van der Waals surface area contributed by atoms with Crippen molar-refractivity contribution in [2.45, 2.75) is 26.4 Å². The number of rotatable bonds is 9. The number of amides is 2. The Morgan fingerprint density at radius 3 is 2.25 bits per heavy atom. The average Bonchev–Trinajstić information content (AvgIpc) is 2.72. The Hall–Kier alpha value is -2.36. The van der Waals surface area contributed by atoms with E-state index in [1.165, 1.54) is 54.3 Å². The van der Waals surface area contributed by atoms with E-state index in [2.05, 4.69) is 5.32 Å². The van der Waals surface area contributed by atoms with E-state index < -0.39 is 40.2 Å². The first-order valence-electron chi connectivity index (χ1n) is 9.68. The molecule has 0 saturated carbocycles. The van der Waals surface area contributed by atoms with Gasteiger partial charge in [0.1, 0.15) is 18.4 Å². The molecule has 2 aromatic rings. The molecule has 11 heteroatoms. The van der Waals surface area contributed by atoms with Crippen molar-refractivity contribution in [2.75, 3.05) is 23.7 Å². The van der Waals surface area contributed by atoms with Crippen LogP contribution in [0.15, 0.2) is 42.5 Å². The van der Waals surface area contributed by atoms with Crippen molar-refractivity contribution in [1.82, 2.24) is 10.2 Å². The van der Waals surface area contributed by atoms with Gasteiger partial charge in [-0.25, -0.2) is 12.8 Å². The van der Waals surface area contributed by atoms with E-state index in [-0.39, 0.29) is 22.3 Å². The quantitative estimate of drug-likeness (QED) is 0.567. The summed E-state index contributed by atoms with van der Waals surface area (Å²) in [4.78, 5) is 26.9. The minimum Gasteiger partial charge on any atom is -0.355 e. The first kappa shape index (κ1) is 25.9. The standard InChI is InChI=1S/C21H24Cl2FN3O4S/c1-4-25-21(29)14(2)26(12-15-5-7-16(24)8-6-15)20(28)13-27(32(3,30)31)17-9-10-18(22)19(23)11-17/h5-11,14H,4,12-13H2,1-3H3,(H,25,29)/t14-/m1/s1. The molecular formula is C21H24Cl2FN3O4S. The average molecular weight is 504 g/mol. The smallest absolute Gasteiger partial charge is 0.244 e. The number of carbonyl (C=O) groups excluding carboxylic acids is 2. The van der Waals surface area contributed by atoms with E-state index in [4.69, 9.17) is 23.2 Å². The Bertz CT molecular complexity index is 1080. The van der Waals surface area contributed by atoms with Crippen molar-refractivity contribution in [2.24, 2.45) is 0 Å². The van der Waals surface area contributed by atoms with Gasteiger partial charge in [-0.2, -0.15) is 0 Å². The van der Waals surface area contributed by atoms with Crippen LogP contribution in [0.3, 0.4) is 0 Å². The van der Waals surface area contributed by atoms with E-state index in [0.29, 0.717) is 12.1 Å². The number of nitrogens with zero attached hydrogens (tertiary/aromatic N) is 2. The number of benzene rings is 2. The van der Waals surface area contributed by atoms with Crippen LogP contribution in [0, 0.1) is 5.82 Å². The maximum absolute atomic E-state index is 13.3. The van der Waals surface area contributed by atoms with Crippen LogP contribution in [0.4, 0.5) is 10.1 Å². The van der Waals surface area contributed by atoms with E-state index in [9.17, 15) is 22.4 Å². The molecule has 7 nitrogen and oxygen atoms in total. The third-order valence-corrected chi connectivity index (χ3v) is 6.53. The summed E-state index contributed by atoms with van der Waals surface area (Å²) in [6.45, 7) is 3.06. The number of hydrogen-bond acceptors (Lipinski definition) is 4. The van der Waals surface area contributed by atoms with Gasteiger partial charge in [0.05, 0.1) is 22.0 Å². The minimum absolute atomic E-state index is 0.0175. The zero-order chi connectivity index (χ0) is 24.1. The van der Waals surface area contributed by atoms with Gasteiger partial charge in [0, 0.05) is 13.1 Å². The van der Waals surface area contributed by atoms with E-state index in [0.717, 1.165) is 10.6 Å². The van der Waals surface area contributed by atoms with E-state index >= 15 is 0 Å². The van der Waals surface area contributed by atoms with Crippen LogP contribution in [0.2, 0.25) is 10.0 Å². The Labute approximate surface area is 197 Å². The Morgan fingerprint density at radius 1 is 1.09 bits per heavy atom. The summed E-state index contributed by atoms with van der Waals surface area (Å²) in [5.74, 6) is -1.46. The molecule has 0 unspecified atom stereocenters. The summed E-state index contributed by atoms with van der Waals surface area (Å²) in [6.07, 6.45) is 0.959. The highest BCUT2D eigenvalue weighted by molar-refractivity contribution is 7.92. The lowest BCUT2D eigenvalue weighted by atomic mass is 10.1. The molecule has 0 aliphatic heterocycles. The molecule has 32 heavy (non-hydrogen) atoms. The first-order valence-corrected chi connectivity index (χ1v) is 12.3. The van der Waals surface area contributed by atoms with Crippen LogP contribution in [0.5, 0.6) is 0 Å². The summed E-state index contributed by atoms with van der Waals surface area (Å²) >= 11 is 11.9. The molecule has 0 bridgehead atoms. The fourth-order valence-corrected chi connectivity index (χ4v) is 4.08. The second-order valence-electron chi connectivity index (χ2n) is 7.09. The normalized spacial score (nSPS) is 12.2. The predicted molar refractivity (Wildman–Crippen MR) is 124 cm³/mol. The van der Waals surface area contributed by atoms with Crippen molar-refractivity contribution in [3.63, 3.8) is 0 Å². The van der Waals surface area contributed by atoms with E-state index in [1.807, 2.05) is 0 Å². The van der Waals surface area contributed by atoms with Gasteiger partial charge in [-0.05, 0) is 49.7 Å². The molecule has 1 N–H and O–H groups in total. The van der Waals surface area contributed by atoms with Crippen molar-refractivity contribution in [3.8, 4) is 0 Å². The number of nitrogens with one attached hydrogen (secondary N) is 1. The maximum atomic E-state index is 13.3. The fourth-order valence-electron chi connectivity index (χ4n) is 2.94. The third-order valence-electron chi connectivity index (χ3n) is 4.65. The van der Waals surface area contributed by atoms with Gasteiger partial charge in [-0.15, -0.1) is 0 Å². The third kappa shape index (κ3) is 6.82. The second kappa shape index (κ2) is 11.0. The van der Waals surface area contributed by atoms with Crippen LogP contribution < -0.4 is 9.62 Å². The Morgan fingerprint density at radius 2 is 1.72 bits per heavy atom. The topological polar surface area (TPSA) is 86.8 Å². The van der Waals surface area contributed by atoms with Crippen LogP contribution in [-0.4, -0.2) is 50.5 Å². The maximum Gasteiger partial charge on any atom is 0.244 e. The highest BCUT2D eigenvalue weighted by Gasteiger charge is 2.30. The van der Waals surface area contributed by atoms with E-state index in [1.54, 1.807) is 6.92 Å². The lowest BCUT2D eigenvalue weighted by Crippen LogP contribution is -2.51. The fraction of sp³-hybridized carbons (Fsp3) is 0.333. The van der Waals surface area contributed by atoms with Gasteiger partial charge >= 0.3 is 0 Å². The number of likely N-dealkylation sites (N-methyl/N-ethyl adjacent to an activating group) is 1. The number of hydrogen-bond donors (Lipinski definition) is 1. The van der Waals surface area contributed by atoms with Crippen molar-refractivity contribution >= 4 is 50.7 Å². The number of halogens is 3. The van der Waals surface area contributed by atoms with Crippen LogP contribution in [0.25, 0.3) is 0 Å². The molecule has 0 aliphatic rings. The molecule has 2 rings (SSSR count). The van der Waals surface area contributed by atoms with Crippen molar-refractivity contribution < 1.29 is 22.4 Å². The number of sulfonamides is 1. The molecule has 0 radical (unpaired) electrons. The monoisotopic (exact) mass is 503 g/mol. The van der Waals surface area contributed by atoms with Crippen LogP contribution in [0.1, 0.15) is 19.4 Å². The van der Waals surface area contributed by atoms with Crippen LogP contribution in [-0.2, 0) is 26.2 Å². The molecule has 0 heterocycles. The molecule has 2 aromatic carbocycles. The lowest BCUT2D eigenvalue weighted by molar-refractivity contribution is -0.139. The highest BCUT2D eigenvalue weighted by Crippen LogP contribution is 2.28. The Kier molecular flexibility index (Phi) is 8.89. The molecule has 0 aliphatic carbocycles. The molecule has 1 atom stereocenters. The van der Waals surface area contributed by atoms with Crippen molar-refractivity contribution in [1.29, 1.82) is 0 Å². The summed E-state index contributed by atoms with van der Waals surface area (Å²) in [7, 11) is -3.88. The summed E-state index contributed by atoms with van der Waals surface area (Å²) in [5.41, 5.74) is 0.735. The highest BCUT2D eigenvalue weighted by atomic mass is 35.5. The number of anilines is 1. The van der Waals surface area contributed by atoms with Gasteiger partial charge in [-0.3, -0.25) is 13.9 Å². The summed E-state index contributed by atoms with van der Waals surface area (Å²) in [6, 6.07) is 8.77. The lowest BCUT2D eigenvalue weighted by Gasteiger charge is -2.31. The number of carbonyl (C=O) groups is 2. The summed E-state index contributed by atoms with van der Waals surface area (Å²) in [5, 5.41) is 3.01. The largest absolute Gasteiger partial charge is 0.355 e. The molecular weight excluding hydrogens is 480 g/mol. The first-order chi connectivity index (χ1) is 14.9. The molecule has 0 saturated heterocycles. The van der Waals surface area contributed by atoms with Gasteiger partial charge in [0.25, 0.3) is 0 Å². The minimum atomic E-state index is -3.88. The zero-order valence-electron chi connectivity index (χ0n) is 17.8. The zero-order valence-corrected chi connectivity index (χ0v) is 20.1.